The van der Waals surface area contributed by atoms with Crippen LogP contribution in [0.4, 0.5) is 12.9 Å². The van der Waals surface area contributed by atoms with Gasteiger partial charge in [0.1, 0.15) is 0 Å². The van der Waals surface area contributed by atoms with Crippen LogP contribution in [-0.4, -0.2) is 7.54 Å². The average Bonchev–Trinajstić information content (AvgIpc) is 2.86. The van der Waals surface area contributed by atoms with Crippen molar-refractivity contribution in [2.75, 3.05) is 0 Å². The Hall–Kier alpha value is -0.112. The molecular weight excluding hydrogens is 346 g/mol. The molecule has 1 radical (unpaired) electrons. The molecule has 2 bridgehead atoms. The molecule has 0 aliphatic heterocycles. The summed E-state index contributed by atoms with van der Waals surface area (Å²) in [5.41, 5.74) is 0. The molecule has 6 heteroatoms. The maximum Gasteiger partial charge on any atom is 0.762 e. The molecule has 0 saturated carbocycles. The van der Waals surface area contributed by atoms with Crippen molar-refractivity contribution in [2.24, 2.45) is 11.8 Å². The third-order valence-corrected chi connectivity index (χ3v) is 1.76. The fourth-order valence-electron chi connectivity index (χ4n) is 1.33. The first-order valence-electron chi connectivity index (χ1n) is 4.89. The number of fused-ring (bicyclic) bond motifs is 2. The molecule has 0 heterocycles. The van der Waals surface area contributed by atoms with E-state index in [0.717, 1.165) is 11.8 Å². The van der Waals surface area contributed by atoms with E-state index in [1.54, 1.807) is 13.8 Å². The van der Waals surface area contributed by atoms with Crippen LogP contribution in [0.2, 0.25) is 0 Å². The van der Waals surface area contributed by atoms with Crippen LogP contribution in [0.15, 0.2) is 24.3 Å². The summed E-state index contributed by atoms with van der Waals surface area (Å²) in [5, 5.41) is 0. The van der Waals surface area contributed by atoms with Crippen LogP contribution in [0, 0.1) is 40.5 Å². The Labute approximate surface area is 130 Å². The van der Waals surface area contributed by atoms with Gasteiger partial charge in [-0.15, -0.1) is 0 Å². The first-order valence-corrected chi connectivity index (χ1v) is 4.89. The molecule has 19 heavy (non-hydrogen) atoms. The van der Waals surface area contributed by atoms with E-state index in [0.29, 0.717) is 0 Å². The van der Waals surface area contributed by atoms with E-state index in [4.69, 9.17) is 0 Å². The Bertz CT molecular complexity index is 157. The summed E-state index contributed by atoms with van der Waals surface area (Å²) in [6, 6.07) is 0. The van der Waals surface area contributed by atoms with Gasteiger partial charge in [-0.05, 0) is 18.3 Å². The van der Waals surface area contributed by atoms with Gasteiger partial charge in [0.15, 0.2) is 0 Å². The normalized spacial score (nSPS) is 18.1. The number of hydrogen-bond acceptors (Lipinski definition) is 0. The van der Waals surface area contributed by atoms with Crippen LogP contribution in [0.5, 0.6) is 0 Å². The van der Waals surface area contributed by atoms with E-state index in [1.165, 1.54) is 6.42 Å². The molecule has 2 rings (SSSR count). The molecule has 2 aliphatic carbocycles. The maximum absolute atomic E-state index is 9.67. The van der Waals surface area contributed by atoms with Gasteiger partial charge in [-0.1, -0.05) is 24.3 Å². The van der Waals surface area contributed by atoms with E-state index < -0.39 is 7.54 Å². The predicted molar refractivity (Wildman–Crippen MR) is 73.8 cm³/mol. The van der Waals surface area contributed by atoms with Crippen LogP contribution in [0.25, 0.3) is 0 Å². The van der Waals surface area contributed by atoms with Gasteiger partial charge in [0.2, 0.25) is 0 Å². The number of hydrogen-bond donors (Lipinski definition) is 0. The van der Waals surface area contributed by atoms with Crippen molar-refractivity contribution in [1.82, 2.24) is 0 Å². The number of halogens is 4. The largest absolute Gasteiger partial charge is 1.00 e. The Morgan fingerprint density at radius 1 is 0.842 bits per heavy atom. The Morgan fingerprint density at radius 3 is 1.05 bits per heavy atom. The monoisotopic (exact) mass is 370 g/mol. The number of allylic oxidation sites excluding steroid dienone is 4. The topological polar surface area (TPSA) is 0 Å². The Balaban J connectivity index is -0.0000000320. The van der Waals surface area contributed by atoms with Gasteiger partial charge in [0, 0.05) is 19.5 Å². The third-order valence-electron chi connectivity index (χ3n) is 1.76. The van der Waals surface area contributed by atoms with Crippen molar-refractivity contribution in [2.45, 2.75) is 20.3 Å². The third kappa shape index (κ3) is 23.4. The van der Waals surface area contributed by atoms with E-state index >= 15 is 0 Å². The summed E-state index contributed by atoms with van der Waals surface area (Å²) in [6.07, 6.45) is 10.5. The smallest absolute Gasteiger partial charge is 0.762 e. The van der Waals surface area contributed by atoms with Crippen molar-refractivity contribution in [3.8, 4) is 0 Å². The number of rotatable bonds is 0. The fraction of sp³-hybridized carbons (Fsp3) is 0.385. The van der Waals surface area contributed by atoms with Crippen molar-refractivity contribution in [3.63, 3.8) is 0 Å². The molecule has 2 aliphatic rings. The summed E-state index contributed by atoms with van der Waals surface area (Å²) < 4.78 is 29.0. The van der Waals surface area contributed by atoms with Gasteiger partial charge < -0.3 is 33.4 Å². The fourth-order valence-corrected chi connectivity index (χ4v) is 1.33. The molecule has 0 fully saturated rings. The van der Waals surface area contributed by atoms with Crippen LogP contribution in [0.1, 0.15) is 20.3 Å². The van der Waals surface area contributed by atoms with Crippen LogP contribution < -0.4 is 4.70 Å². The zero-order valence-electron chi connectivity index (χ0n) is 12.0. The van der Waals surface area contributed by atoms with E-state index in [9.17, 15) is 12.9 Å². The molecular formula is C13H24BF4Rh-5. The van der Waals surface area contributed by atoms with Gasteiger partial charge in [0.05, 0.1) is 0 Å². The molecule has 0 nitrogen and oxygen atoms in total. The molecule has 0 amide bonds. The first-order chi connectivity index (χ1) is 7.18. The van der Waals surface area contributed by atoms with E-state index in [-0.39, 0.29) is 39.0 Å². The summed E-state index contributed by atoms with van der Waals surface area (Å²) in [7, 11) is -3.67. The zero-order chi connectivity index (χ0) is 12.3. The van der Waals surface area contributed by atoms with Gasteiger partial charge in [-0.2, -0.15) is 13.8 Å². The second kappa shape index (κ2) is 26.5. The minimum Gasteiger partial charge on any atom is -1.00 e. The van der Waals surface area contributed by atoms with Crippen LogP contribution in [0.3, 0.4) is 0 Å². The van der Waals surface area contributed by atoms with Gasteiger partial charge >= 0.3 is 7.54 Å². The van der Waals surface area contributed by atoms with E-state index in [1.807, 2.05) is 0 Å². The van der Waals surface area contributed by atoms with Crippen LogP contribution >= 0.6 is 0 Å². The van der Waals surface area contributed by atoms with Crippen molar-refractivity contribution in [3.05, 3.63) is 53.0 Å². The molecule has 0 saturated heterocycles. The predicted octanol–water partition coefficient (Wildman–Crippen LogP) is 2.21. The second-order valence-electron chi connectivity index (χ2n) is 2.58. The van der Waals surface area contributed by atoms with Crippen LogP contribution in [-0.2, 0) is 19.5 Å². The van der Waals surface area contributed by atoms with E-state index in [2.05, 4.69) is 38.2 Å². The SMILES string of the molecule is C1=CC2C=CC1C2.FB(F)F.[CH2-]C.[CH2-]C.[CH3-].[CH3-].[F-].[Rh]. The van der Waals surface area contributed by atoms with Gasteiger partial charge in [-0.3, -0.25) is 12.9 Å². The molecule has 0 unspecified atom stereocenters. The van der Waals surface area contributed by atoms with Crippen molar-refractivity contribution < 1.29 is 37.1 Å². The average molecular weight is 370 g/mol. The maximum atomic E-state index is 9.67. The molecule has 0 N–H and O–H groups in total. The standard InChI is InChI=1S/C7H8.2C2H5.2CH3.BF3.FH.Rh/c1-2-7-4-3-6(1)5-7;2*1-2;;;2-1(3)4;;/h1-4,6-7H,5H2;2*1H2,2H3;2*1H3;;1H;/q;4*-1;;;/p-1. The summed E-state index contributed by atoms with van der Waals surface area (Å²) >= 11 is 0. The zero-order valence-corrected chi connectivity index (χ0v) is 13.6. The Morgan fingerprint density at radius 2 is 1.00 bits per heavy atom. The summed E-state index contributed by atoms with van der Waals surface area (Å²) in [6.45, 7) is 10.0. The van der Waals surface area contributed by atoms with Gasteiger partial charge in [0.25, 0.3) is 0 Å². The molecule has 0 aromatic rings. The first kappa shape index (κ1) is 36.4. The quantitative estimate of drug-likeness (QED) is 0.266. The van der Waals surface area contributed by atoms with Crippen molar-refractivity contribution >= 4 is 7.54 Å². The molecule has 0 aromatic heterocycles. The minimum absolute atomic E-state index is 0. The molecule has 0 spiro atoms. The second-order valence-corrected chi connectivity index (χ2v) is 2.58. The summed E-state index contributed by atoms with van der Waals surface area (Å²) in [4.78, 5) is 0. The summed E-state index contributed by atoms with van der Waals surface area (Å²) in [5.74, 6) is 1.62. The molecule has 0 aromatic carbocycles. The minimum atomic E-state index is -3.67. The molecule has 121 valence electrons. The van der Waals surface area contributed by atoms with Gasteiger partial charge in [-0.25, -0.2) is 0 Å². The Kier molecular flexibility index (Phi) is 50.7. The van der Waals surface area contributed by atoms with Crippen molar-refractivity contribution in [1.29, 1.82) is 0 Å². The molecule has 0 atom stereocenters.